The van der Waals surface area contributed by atoms with Crippen LogP contribution in [0.1, 0.15) is 37.1 Å². The molecular weight excluding hydrogens is 290 g/mol. The minimum Gasteiger partial charge on any atom is -0.341 e. The number of amides is 1. The second kappa shape index (κ2) is 6.24. The lowest BCUT2D eigenvalue weighted by Gasteiger charge is -2.25. The Hall–Kier alpha value is -1.40. The summed E-state index contributed by atoms with van der Waals surface area (Å²) in [5.74, 6) is 0.301. The predicted molar refractivity (Wildman–Crippen MR) is 88.0 cm³/mol. The highest BCUT2D eigenvalue weighted by molar-refractivity contribution is 5.76. The molecule has 1 amide bonds. The van der Waals surface area contributed by atoms with E-state index in [1.54, 1.807) is 0 Å². The molecule has 2 saturated heterocycles. The fourth-order valence-corrected chi connectivity index (χ4v) is 4.30. The minimum atomic E-state index is 0.301. The summed E-state index contributed by atoms with van der Waals surface area (Å²) >= 11 is 0. The summed E-state index contributed by atoms with van der Waals surface area (Å²) in [5.41, 5.74) is 2.30. The number of nitrogens with zero attached hydrogens (tertiary/aromatic N) is 4. The van der Waals surface area contributed by atoms with Gasteiger partial charge in [-0.25, -0.2) is 0 Å². The Morgan fingerprint density at radius 1 is 1.30 bits per heavy atom. The minimum absolute atomic E-state index is 0.301. The van der Waals surface area contributed by atoms with Gasteiger partial charge >= 0.3 is 0 Å². The molecule has 3 aliphatic heterocycles. The SMILES string of the molecule is CN1[C@H]2CC[C@@H]1CN(C(=O)CCc1cc3n(n1)CCNC3)CC2. The number of likely N-dealkylation sites (tertiary alicyclic amines) is 1. The van der Waals surface area contributed by atoms with Crippen molar-refractivity contribution in [3.05, 3.63) is 17.5 Å². The molecule has 4 heterocycles. The van der Waals surface area contributed by atoms with Gasteiger partial charge in [-0.2, -0.15) is 5.10 Å². The Bertz CT molecular complexity index is 560. The van der Waals surface area contributed by atoms with E-state index in [0.29, 0.717) is 24.4 Å². The third kappa shape index (κ3) is 3.02. The number of hydrogen-bond donors (Lipinski definition) is 1. The van der Waals surface area contributed by atoms with Gasteiger partial charge in [0.05, 0.1) is 17.9 Å². The van der Waals surface area contributed by atoms with Crippen molar-refractivity contribution in [3.63, 3.8) is 0 Å². The molecule has 23 heavy (non-hydrogen) atoms. The highest BCUT2D eigenvalue weighted by Crippen LogP contribution is 2.28. The molecule has 4 rings (SSSR count). The quantitative estimate of drug-likeness (QED) is 0.888. The van der Waals surface area contributed by atoms with Crippen molar-refractivity contribution in [1.82, 2.24) is 24.9 Å². The van der Waals surface area contributed by atoms with Crippen molar-refractivity contribution < 1.29 is 4.79 Å². The van der Waals surface area contributed by atoms with Crippen LogP contribution in [0.2, 0.25) is 0 Å². The smallest absolute Gasteiger partial charge is 0.223 e. The average molecular weight is 317 g/mol. The van der Waals surface area contributed by atoms with E-state index in [2.05, 4.69) is 38.0 Å². The van der Waals surface area contributed by atoms with Gasteiger partial charge in [0.1, 0.15) is 0 Å². The first-order chi connectivity index (χ1) is 11.2. The zero-order valence-electron chi connectivity index (χ0n) is 14.0. The largest absolute Gasteiger partial charge is 0.341 e. The summed E-state index contributed by atoms with van der Waals surface area (Å²) in [6.07, 6.45) is 5.02. The zero-order valence-corrected chi connectivity index (χ0v) is 14.0. The van der Waals surface area contributed by atoms with Gasteiger partial charge in [0.25, 0.3) is 0 Å². The van der Waals surface area contributed by atoms with Gasteiger partial charge in [0, 0.05) is 51.1 Å². The molecule has 0 radical (unpaired) electrons. The van der Waals surface area contributed by atoms with Gasteiger partial charge in [-0.05, 0) is 32.4 Å². The number of likely N-dealkylation sites (N-methyl/N-ethyl adjacent to an activating group) is 1. The van der Waals surface area contributed by atoms with Crippen LogP contribution in [-0.2, 0) is 24.3 Å². The summed E-state index contributed by atoms with van der Waals surface area (Å²) in [4.78, 5) is 17.2. The standard InChI is InChI=1S/C17H27N5O/c1-20-14-3-4-15(20)12-21(8-6-14)17(23)5-2-13-10-16-11-18-7-9-22(16)19-13/h10,14-15,18H,2-9,11-12H2,1H3/t14-,15+/m0/s1. The Labute approximate surface area is 137 Å². The lowest BCUT2D eigenvalue weighted by atomic mass is 10.1. The molecule has 1 aromatic rings. The third-order valence-electron chi connectivity index (χ3n) is 5.82. The molecule has 2 fully saturated rings. The van der Waals surface area contributed by atoms with Crippen LogP contribution in [-0.4, -0.2) is 64.3 Å². The number of hydrogen-bond acceptors (Lipinski definition) is 4. The maximum absolute atomic E-state index is 12.6. The van der Waals surface area contributed by atoms with E-state index >= 15 is 0 Å². The molecule has 0 aliphatic carbocycles. The summed E-state index contributed by atoms with van der Waals surface area (Å²) in [6, 6.07) is 3.40. The van der Waals surface area contributed by atoms with E-state index in [1.165, 1.54) is 18.5 Å². The number of carbonyl (C=O) groups excluding carboxylic acids is 1. The molecule has 126 valence electrons. The van der Waals surface area contributed by atoms with Crippen LogP contribution >= 0.6 is 0 Å². The third-order valence-corrected chi connectivity index (χ3v) is 5.82. The van der Waals surface area contributed by atoms with Crippen molar-refractivity contribution >= 4 is 5.91 Å². The number of nitrogens with one attached hydrogen (secondary N) is 1. The fourth-order valence-electron chi connectivity index (χ4n) is 4.30. The van der Waals surface area contributed by atoms with Gasteiger partial charge < -0.3 is 10.2 Å². The van der Waals surface area contributed by atoms with E-state index in [0.717, 1.165) is 51.3 Å². The number of aryl methyl sites for hydroxylation is 1. The first-order valence-electron chi connectivity index (χ1n) is 8.97. The van der Waals surface area contributed by atoms with Crippen LogP contribution in [0.25, 0.3) is 0 Å². The second-order valence-corrected chi connectivity index (χ2v) is 7.21. The molecule has 0 aromatic carbocycles. The van der Waals surface area contributed by atoms with Gasteiger partial charge in [-0.1, -0.05) is 0 Å². The predicted octanol–water partition coefficient (Wildman–Crippen LogP) is 0.614. The van der Waals surface area contributed by atoms with E-state index in [1.807, 2.05) is 0 Å². The molecule has 0 spiro atoms. The number of fused-ring (bicyclic) bond motifs is 3. The Morgan fingerprint density at radius 3 is 3.04 bits per heavy atom. The molecule has 2 bridgehead atoms. The van der Waals surface area contributed by atoms with Crippen molar-refractivity contribution in [3.8, 4) is 0 Å². The molecule has 2 atom stereocenters. The summed E-state index contributed by atoms with van der Waals surface area (Å²) in [7, 11) is 2.22. The van der Waals surface area contributed by atoms with Gasteiger partial charge in [-0.15, -0.1) is 0 Å². The van der Waals surface area contributed by atoms with Crippen LogP contribution in [0.5, 0.6) is 0 Å². The molecule has 6 heteroatoms. The number of aromatic nitrogens is 2. The average Bonchev–Trinajstić information content (AvgIpc) is 3.05. The van der Waals surface area contributed by atoms with Crippen molar-refractivity contribution in [1.29, 1.82) is 0 Å². The lowest BCUT2D eigenvalue weighted by Crippen LogP contribution is -2.39. The van der Waals surface area contributed by atoms with Crippen LogP contribution in [0.4, 0.5) is 0 Å². The van der Waals surface area contributed by atoms with Gasteiger partial charge in [-0.3, -0.25) is 14.4 Å². The Kier molecular flexibility index (Phi) is 4.11. The highest BCUT2D eigenvalue weighted by Gasteiger charge is 2.35. The molecular formula is C17H27N5O. The maximum Gasteiger partial charge on any atom is 0.223 e. The van der Waals surface area contributed by atoms with Crippen LogP contribution in [0.3, 0.4) is 0 Å². The fraction of sp³-hybridized carbons (Fsp3) is 0.765. The summed E-state index contributed by atoms with van der Waals surface area (Å²) in [5, 5.41) is 7.99. The van der Waals surface area contributed by atoms with Crippen LogP contribution in [0.15, 0.2) is 6.07 Å². The normalized spacial score (nSPS) is 27.8. The molecule has 6 nitrogen and oxygen atoms in total. The molecule has 1 aromatic heterocycles. The topological polar surface area (TPSA) is 53.4 Å². The van der Waals surface area contributed by atoms with E-state index in [9.17, 15) is 4.79 Å². The summed E-state index contributed by atoms with van der Waals surface area (Å²) < 4.78 is 2.08. The first-order valence-corrected chi connectivity index (χ1v) is 8.97. The summed E-state index contributed by atoms with van der Waals surface area (Å²) in [6.45, 7) is 4.65. The molecule has 3 aliphatic rings. The monoisotopic (exact) mass is 317 g/mol. The van der Waals surface area contributed by atoms with Gasteiger partial charge in [0.15, 0.2) is 0 Å². The zero-order chi connectivity index (χ0) is 15.8. The molecule has 0 saturated carbocycles. The number of rotatable bonds is 3. The molecule has 0 unspecified atom stereocenters. The van der Waals surface area contributed by atoms with E-state index in [-0.39, 0.29) is 0 Å². The first kappa shape index (κ1) is 15.1. The second-order valence-electron chi connectivity index (χ2n) is 7.21. The van der Waals surface area contributed by atoms with E-state index in [4.69, 9.17) is 0 Å². The Balaban J connectivity index is 1.34. The van der Waals surface area contributed by atoms with E-state index < -0.39 is 0 Å². The van der Waals surface area contributed by atoms with Crippen molar-refractivity contribution in [2.24, 2.45) is 0 Å². The Morgan fingerprint density at radius 2 is 2.17 bits per heavy atom. The maximum atomic E-state index is 12.6. The van der Waals surface area contributed by atoms with Crippen LogP contribution < -0.4 is 5.32 Å². The van der Waals surface area contributed by atoms with Crippen molar-refractivity contribution in [2.45, 2.75) is 57.3 Å². The molecule has 1 N–H and O–H groups in total. The van der Waals surface area contributed by atoms with Crippen molar-refractivity contribution in [2.75, 3.05) is 26.7 Å². The highest BCUT2D eigenvalue weighted by atomic mass is 16.2. The number of carbonyl (C=O) groups is 1. The lowest BCUT2D eigenvalue weighted by molar-refractivity contribution is -0.131. The van der Waals surface area contributed by atoms with Crippen LogP contribution in [0, 0.1) is 0 Å². The van der Waals surface area contributed by atoms with Gasteiger partial charge in [0.2, 0.25) is 5.91 Å².